The Morgan fingerprint density at radius 2 is 2.11 bits per heavy atom. The fourth-order valence-electron chi connectivity index (χ4n) is 1.80. The van der Waals surface area contributed by atoms with Gasteiger partial charge in [-0.25, -0.2) is 9.37 Å². The standard InChI is InChI=1S/C13H16FN3S/c1-3-17(11-7-5-4-6-10(11)14)13-16-9(2)12(8-15)18-13/h4-7H,3,8,15H2,1-2H3. The summed E-state index contributed by atoms with van der Waals surface area (Å²) in [5, 5.41) is 0.792. The summed E-state index contributed by atoms with van der Waals surface area (Å²) in [5.41, 5.74) is 7.13. The topological polar surface area (TPSA) is 42.2 Å². The van der Waals surface area contributed by atoms with Gasteiger partial charge in [-0.05, 0) is 26.0 Å². The largest absolute Gasteiger partial charge is 0.326 e. The fourth-order valence-corrected chi connectivity index (χ4v) is 2.81. The molecule has 1 heterocycles. The van der Waals surface area contributed by atoms with Crippen molar-refractivity contribution in [3.05, 3.63) is 40.7 Å². The molecule has 2 rings (SSSR count). The molecule has 5 heteroatoms. The zero-order chi connectivity index (χ0) is 13.1. The number of thiazole rings is 1. The van der Waals surface area contributed by atoms with Crippen LogP contribution in [0, 0.1) is 12.7 Å². The van der Waals surface area contributed by atoms with Crippen molar-refractivity contribution in [1.29, 1.82) is 0 Å². The maximum atomic E-state index is 13.8. The van der Waals surface area contributed by atoms with Crippen LogP contribution in [0.2, 0.25) is 0 Å². The number of anilines is 2. The van der Waals surface area contributed by atoms with Crippen LogP contribution in [0.15, 0.2) is 24.3 Å². The Balaban J connectivity index is 2.42. The van der Waals surface area contributed by atoms with Gasteiger partial charge in [0.15, 0.2) is 5.13 Å². The first-order chi connectivity index (χ1) is 8.67. The Morgan fingerprint density at radius 1 is 1.39 bits per heavy atom. The van der Waals surface area contributed by atoms with E-state index in [2.05, 4.69) is 4.98 Å². The highest BCUT2D eigenvalue weighted by atomic mass is 32.1. The Labute approximate surface area is 110 Å². The van der Waals surface area contributed by atoms with Gasteiger partial charge < -0.3 is 10.6 Å². The van der Waals surface area contributed by atoms with Crippen molar-refractivity contribution in [3.8, 4) is 0 Å². The minimum atomic E-state index is -0.235. The smallest absolute Gasteiger partial charge is 0.190 e. The lowest BCUT2D eigenvalue weighted by Gasteiger charge is -2.20. The molecule has 2 N–H and O–H groups in total. The Kier molecular flexibility index (Phi) is 3.93. The molecule has 0 atom stereocenters. The van der Waals surface area contributed by atoms with E-state index in [0.717, 1.165) is 15.7 Å². The van der Waals surface area contributed by atoms with Crippen LogP contribution in [0.4, 0.5) is 15.2 Å². The molecule has 18 heavy (non-hydrogen) atoms. The summed E-state index contributed by atoms with van der Waals surface area (Å²) in [5.74, 6) is -0.235. The fraction of sp³-hybridized carbons (Fsp3) is 0.308. The molecule has 0 radical (unpaired) electrons. The maximum absolute atomic E-state index is 13.8. The Hall–Kier alpha value is -1.46. The highest BCUT2D eigenvalue weighted by Gasteiger charge is 2.16. The zero-order valence-electron chi connectivity index (χ0n) is 10.5. The van der Waals surface area contributed by atoms with Gasteiger partial charge in [0.2, 0.25) is 0 Å². The molecular formula is C13H16FN3S. The van der Waals surface area contributed by atoms with Gasteiger partial charge in [-0.15, -0.1) is 0 Å². The minimum Gasteiger partial charge on any atom is -0.326 e. The molecule has 0 unspecified atom stereocenters. The number of aryl methyl sites for hydroxylation is 1. The first-order valence-corrected chi connectivity index (χ1v) is 6.67. The Bertz CT molecular complexity index is 539. The van der Waals surface area contributed by atoms with Crippen LogP contribution in [-0.4, -0.2) is 11.5 Å². The summed E-state index contributed by atoms with van der Waals surface area (Å²) in [7, 11) is 0. The molecule has 0 aliphatic heterocycles. The third kappa shape index (κ3) is 2.37. The molecular weight excluding hydrogens is 249 g/mol. The van der Waals surface area contributed by atoms with Crippen LogP contribution in [0.25, 0.3) is 0 Å². The lowest BCUT2D eigenvalue weighted by molar-refractivity contribution is 0.625. The van der Waals surface area contributed by atoms with E-state index in [0.29, 0.717) is 18.8 Å². The number of rotatable bonds is 4. The summed E-state index contributed by atoms with van der Waals surface area (Å²) in [4.78, 5) is 7.38. The number of hydrogen-bond acceptors (Lipinski definition) is 4. The van der Waals surface area contributed by atoms with Crippen molar-refractivity contribution < 1.29 is 4.39 Å². The molecule has 0 aliphatic rings. The lowest BCUT2D eigenvalue weighted by Crippen LogP contribution is -2.17. The van der Waals surface area contributed by atoms with Crippen molar-refractivity contribution in [2.45, 2.75) is 20.4 Å². The lowest BCUT2D eigenvalue weighted by atomic mass is 10.3. The zero-order valence-corrected chi connectivity index (χ0v) is 11.3. The van der Waals surface area contributed by atoms with Gasteiger partial charge in [0, 0.05) is 18.0 Å². The van der Waals surface area contributed by atoms with Crippen LogP contribution in [0.3, 0.4) is 0 Å². The van der Waals surface area contributed by atoms with E-state index in [1.54, 1.807) is 12.1 Å². The third-order valence-corrected chi connectivity index (χ3v) is 3.96. The van der Waals surface area contributed by atoms with Gasteiger partial charge in [0.25, 0.3) is 0 Å². The number of halogens is 1. The molecule has 1 aromatic heterocycles. The molecule has 0 saturated heterocycles. The van der Waals surface area contributed by atoms with Crippen molar-refractivity contribution in [2.75, 3.05) is 11.4 Å². The second-order valence-corrected chi connectivity index (χ2v) is 4.97. The van der Waals surface area contributed by atoms with Crippen LogP contribution in [0.1, 0.15) is 17.5 Å². The number of para-hydroxylation sites is 1. The van der Waals surface area contributed by atoms with Gasteiger partial charge in [-0.3, -0.25) is 0 Å². The summed E-state index contributed by atoms with van der Waals surface area (Å²) in [6, 6.07) is 6.73. The van der Waals surface area contributed by atoms with Crippen molar-refractivity contribution in [3.63, 3.8) is 0 Å². The number of hydrogen-bond donors (Lipinski definition) is 1. The summed E-state index contributed by atoms with van der Waals surface area (Å²) >= 11 is 1.52. The number of benzene rings is 1. The van der Waals surface area contributed by atoms with Crippen LogP contribution >= 0.6 is 11.3 Å². The molecule has 1 aromatic carbocycles. The monoisotopic (exact) mass is 265 g/mol. The van der Waals surface area contributed by atoms with Crippen molar-refractivity contribution in [2.24, 2.45) is 5.73 Å². The quantitative estimate of drug-likeness (QED) is 0.923. The average molecular weight is 265 g/mol. The second-order valence-electron chi connectivity index (χ2n) is 3.90. The van der Waals surface area contributed by atoms with E-state index in [4.69, 9.17) is 5.73 Å². The molecule has 3 nitrogen and oxygen atoms in total. The van der Waals surface area contributed by atoms with Crippen LogP contribution in [-0.2, 0) is 6.54 Å². The Morgan fingerprint density at radius 3 is 2.67 bits per heavy atom. The van der Waals surface area contributed by atoms with Gasteiger partial charge in [0.1, 0.15) is 5.82 Å². The van der Waals surface area contributed by atoms with E-state index in [1.165, 1.54) is 17.4 Å². The molecule has 96 valence electrons. The molecule has 0 aliphatic carbocycles. The molecule has 2 aromatic rings. The van der Waals surface area contributed by atoms with Gasteiger partial charge >= 0.3 is 0 Å². The minimum absolute atomic E-state index is 0.235. The highest BCUT2D eigenvalue weighted by molar-refractivity contribution is 7.15. The van der Waals surface area contributed by atoms with Crippen molar-refractivity contribution >= 4 is 22.2 Å². The predicted octanol–water partition coefficient (Wildman–Crippen LogP) is 3.21. The normalized spacial score (nSPS) is 10.7. The third-order valence-electron chi connectivity index (χ3n) is 2.76. The van der Waals surface area contributed by atoms with Crippen LogP contribution in [0.5, 0.6) is 0 Å². The van der Waals surface area contributed by atoms with E-state index in [1.807, 2.05) is 24.8 Å². The van der Waals surface area contributed by atoms with Crippen molar-refractivity contribution in [1.82, 2.24) is 4.98 Å². The molecule has 0 bridgehead atoms. The first kappa shape index (κ1) is 13.0. The number of nitrogens with zero attached hydrogens (tertiary/aromatic N) is 2. The average Bonchev–Trinajstić information content (AvgIpc) is 2.74. The molecule has 0 amide bonds. The van der Waals surface area contributed by atoms with E-state index in [-0.39, 0.29) is 5.82 Å². The molecule has 0 spiro atoms. The molecule has 0 saturated carbocycles. The van der Waals surface area contributed by atoms with Gasteiger partial charge in [0.05, 0.1) is 11.4 Å². The van der Waals surface area contributed by atoms with Gasteiger partial charge in [-0.2, -0.15) is 0 Å². The summed E-state index contributed by atoms with van der Waals surface area (Å²) in [6.07, 6.45) is 0. The van der Waals surface area contributed by atoms with E-state index >= 15 is 0 Å². The number of nitrogens with two attached hydrogens (primary N) is 1. The maximum Gasteiger partial charge on any atom is 0.190 e. The first-order valence-electron chi connectivity index (χ1n) is 5.85. The highest BCUT2D eigenvalue weighted by Crippen LogP contribution is 2.32. The summed E-state index contributed by atoms with van der Waals surface area (Å²) < 4.78 is 13.8. The predicted molar refractivity (Wildman–Crippen MR) is 73.8 cm³/mol. The SMILES string of the molecule is CCN(c1nc(C)c(CN)s1)c1ccccc1F. The van der Waals surface area contributed by atoms with E-state index < -0.39 is 0 Å². The summed E-state index contributed by atoms with van der Waals surface area (Å²) in [6.45, 7) is 5.04. The molecule has 0 fully saturated rings. The van der Waals surface area contributed by atoms with Gasteiger partial charge in [-0.1, -0.05) is 23.5 Å². The van der Waals surface area contributed by atoms with E-state index in [9.17, 15) is 4.39 Å². The second kappa shape index (κ2) is 5.46. The van der Waals surface area contributed by atoms with Crippen LogP contribution < -0.4 is 10.6 Å². The number of aromatic nitrogens is 1.